The molecule has 0 aliphatic heterocycles. The van der Waals surface area contributed by atoms with Gasteiger partial charge in [-0.3, -0.25) is 5.32 Å². The largest absolute Gasteiger partial charge is 0.495 e. The Labute approximate surface area is 125 Å². The SMILES string of the molecule is COc1cccc(NC(=O)OCc2ccccc2)c1Br. The van der Waals surface area contributed by atoms with Crippen LogP contribution in [0.1, 0.15) is 5.56 Å². The minimum Gasteiger partial charge on any atom is -0.495 e. The molecule has 2 aromatic rings. The van der Waals surface area contributed by atoms with Crippen molar-refractivity contribution < 1.29 is 14.3 Å². The average molecular weight is 336 g/mol. The predicted molar refractivity (Wildman–Crippen MR) is 80.9 cm³/mol. The Balaban J connectivity index is 1.95. The van der Waals surface area contributed by atoms with Crippen LogP contribution in [0.15, 0.2) is 53.0 Å². The standard InChI is InChI=1S/C15H14BrNO3/c1-19-13-9-5-8-12(14(13)16)17-15(18)20-10-11-6-3-2-4-7-11/h2-9H,10H2,1H3,(H,17,18). The first-order chi connectivity index (χ1) is 9.70. The van der Waals surface area contributed by atoms with Crippen molar-refractivity contribution in [3.8, 4) is 5.75 Å². The maximum Gasteiger partial charge on any atom is 0.411 e. The molecular weight excluding hydrogens is 322 g/mol. The quantitative estimate of drug-likeness (QED) is 0.910. The molecule has 0 spiro atoms. The first-order valence-electron chi connectivity index (χ1n) is 6.01. The van der Waals surface area contributed by atoms with Crippen molar-refractivity contribution in [3.05, 3.63) is 58.6 Å². The van der Waals surface area contributed by atoms with Gasteiger partial charge in [0.2, 0.25) is 0 Å². The number of hydrogen-bond acceptors (Lipinski definition) is 3. The van der Waals surface area contributed by atoms with Crippen molar-refractivity contribution in [2.45, 2.75) is 6.61 Å². The smallest absolute Gasteiger partial charge is 0.411 e. The van der Waals surface area contributed by atoms with Gasteiger partial charge in [0.15, 0.2) is 0 Å². The van der Waals surface area contributed by atoms with E-state index in [9.17, 15) is 4.79 Å². The summed E-state index contributed by atoms with van der Waals surface area (Å²) in [7, 11) is 1.57. The maximum absolute atomic E-state index is 11.7. The number of hydrogen-bond donors (Lipinski definition) is 1. The van der Waals surface area contributed by atoms with Gasteiger partial charge in [-0.15, -0.1) is 0 Å². The maximum atomic E-state index is 11.7. The van der Waals surface area contributed by atoms with Crippen LogP contribution in [0.2, 0.25) is 0 Å². The molecule has 0 unspecified atom stereocenters. The van der Waals surface area contributed by atoms with Gasteiger partial charge in [0, 0.05) is 0 Å². The summed E-state index contributed by atoms with van der Waals surface area (Å²) >= 11 is 3.37. The van der Waals surface area contributed by atoms with Crippen molar-refractivity contribution in [1.82, 2.24) is 0 Å². The molecular formula is C15H14BrNO3. The Morgan fingerprint density at radius 2 is 1.90 bits per heavy atom. The van der Waals surface area contributed by atoms with E-state index in [1.54, 1.807) is 25.3 Å². The molecule has 0 aliphatic carbocycles. The van der Waals surface area contributed by atoms with Gasteiger partial charge in [-0.2, -0.15) is 0 Å². The van der Waals surface area contributed by atoms with Crippen LogP contribution in [0.25, 0.3) is 0 Å². The van der Waals surface area contributed by atoms with Crippen molar-refractivity contribution in [1.29, 1.82) is 0 Å². The van der Waals surface area contributed by atoms with E-state index in [1.807, 2.05) is 30.3 Å². The number of amides is 1. The highest BCUT2D eigenvalue weighted by molar-refractivity contribution is 9.10. The number of nitrogens with one attached hydrogen (secondary N) is 1. The summed E-state index contributed by atoms with van der Waals surface area (Å²) in [4.78, 5) is 11.7. The summed E-state index contributed by atoms with van der Waals surface area (Å²) in [6, 6.07) is 14.8. The van der Waals surface area contributed by atoms with Gasteiger partial charge in [0.25, 0.3) is 0 Å². The summed E-state index contributed by atoms with van der Waals surface area (Å²) in [5.74, 6) is 0.644. The second-order valence-corrected chi connectivity index (χ2v) is 4.80. The summed E-state index contributed by atoms with van der Waals surface area (Å²) in [6.07, 6.45) is -0.511. The van der Waals surface area contributed by atoms with Crippen LogP contribution >= 0.6 is 15.9 Å². The molecule has 1 amide bonds. The number of anilines is 1. The average Bonchev–Trinajstić information content (AvgIpc) is 2.48. The van der Waals surface area contributed by atoms with E-state index in [-0.39, 0.29) is 6.61 Å². The summed E-state index contributed by atoms with van der Waals surface area (Å²) < 4.78 is 11.0. The van der Waals surface area contributed by atoms with Gasteiger partial charge in [0.1, 0.15) is 12.4 Å². The van der Waals surface area contributed by atoms with Crippen molar-refractivity contribution in [3.63, 3.8) is 0 Å². The topological polar surface area (TPSA) is 47.6 Å². The van der Waals surface area contributed by atoms with E-state index in [0.29, 0.717) is 15.9 Å². The highest BCUT2D eigenvalue weighted by atomic mass is 79.9. The fourth-order valence-electron chi connectivity index (χ4n) is 1.63. The first kappa shape index (κ1) is 14.4. The molecule has 0 radical (unpaired) electrons. The zero-order valence-electron chi connectivity index (χ0n) is 10.9. The molecule has 0 aliphatic rings. The number of ether oxygens (including phenoxy) is 2. The van der Waals surface area contributed by atoms with Gasteiger partial charge in [0.05, 0.1) is 17.3 Å². The predicted octanol–water partition coefficient (Wildman–Crippen LogP) is 4.21. The van der Waals surface area contributed by atoms with Gasteiger partial charge >= 0.3 is 6.09 Å². The van der Waals surface area contributed by atoms with Crippen molar-refractivity contribution in [2.24, 2.45) is 0 Å². The monoisotopic (exact) mass is 335 g/mol. The second-order valence-electron chi connectivity index (χ2n) is 4.01. The lowest BCUT2D eigenvalue weighted by Gasteiger charge is -2.10. The van der Waals surface area contributed by atoms with Gasteiger partial charge in [-0.25, -0.2) is 4.79 Å². The molecule has 0 saturated heterocycles. The Bertz CT molecular complexity index is 587. The highest BCUT2D eigenvalue weighted by Crippen LogP contribution is 2.32. The van der Waals surface area contributed by atoms with Crippen LogP contribution < -0.4 is 10.1 Å². The van der Waals surface area contributed by atoms with Crippen LogP contribution in [0.5, 0.6) is 5.75 Å². The molecule has 20 heavy (non-hydrogen) atoms. The molecule has 104 valence electrons. The Hall–Kier alpha value is -2.01. The number of halogens is 1. The lowest BCUT2D eigenvalue weighted by atomic mass is 10.2. The van der Waals surface area contributed by atoms with Crippen molar-refractivity contribution in [2.75, 3.05) is 12.4 Å². The lowest BCUT2D eigenvalue weighted by molar-refractivity contribution is 0.155. The zero-order valence-corrected chi connectivity index (χ0v) is 12.5. The molecule has 0 bridgehead atoms. The fourth-order valence-corrected chi connectivity index (χ4v) is 2.16. The van der Waals surface area contributed by atoms with E-state index in [0.717, 1.165) is 5.56 Å². The number of benzene rings is 2. The first-order valence-corrected chi connectivity index (χ1v) is 6.80. The summed E-state index contributed by atoms with van der Waals surface area (Å²) in [6.45, 7) is 0.230. The normalized spacial score (nSPS) is 9.90. The third kappa shape index (κ3) is 3.74. The second kappa shape index (κ2) is 6.96. The van der Waals surface area contributed by atoms with E-state index in [2.05, 4.69) is 21.2 Å². The minimum atomic E-state index is -0.511. The van der Waals surface area contributed by atoms with E-state index < -0.39 is 6.09 Å². The molecule has 0 aromatic heterocycles. The number of carbonyl (C=O) groups is 1. The molecule has 0 saturated carbocycles. The molecule has 0 fully saturated rings. The van der Waals surface area contributed by atoms with Crippen LogP contribution in [0.3, 0.4) is 0 Å². The third-order valence-corrected chi connectivity index (χ3v) is 3.45. The number of methoxy groups -OCH3 is 1. The molecule has 0 heterocycles. The van der Waals surface area contributed by atoms with Gasteiger partial charge in [-0.1, -0.05) is 36.4 Å². The summed E-state index contributed by atoms with van der Waals surface area (Å²) in [5, 5.41) is 2.67. The molecule has 4 nitrogen and oxygen atoms in total. The Kier molecular flexibility index (Phi) is 5.01. The van der Waals surface area contributed by atoms with Crippen LogP contribution in [-0.4, -0.2) is 13.2 Å². The Morgan fingerprint density at radius 1 is 1.15 bits per heavy atom. The molecule has 2 rings (SSSR count). The lowest BCUT2D eigenvalue weighted by Crippen LogP contribution is -2.14. The highest BCUT2D eigenvalue weighted by Gasteiger charge is 2.09. The van der Waals surface area contributed by atoms with Gasteiger partial charge < -0.3 is 9.47 Å². The zero-order chi connectivity index (χ0) is 14.4. The molecule has 0 atom stereocenters. The fraction of sp³-hybridized carbons (Fsp3) is 0.133. The van der Waals surface area contributed by atoms with Crippen molar-refractivity contribution >= 4 is 27.7 Å². The van der Waals surface area contributed by atoms with Crippen LogP contribution in [0.4, 0.5) is 10.5 Å². The minimum absolute atomic E-state index is 0.230. The number of rotatable bonds is 4. The van der Waals surface area contributed by atoms with Gasteiger partial charge in [-0.05, 0) is 33.6 Å². The molecule has 5 heteroatoms. The van der Waals surface area contributed by atoms with Crippen LogP contribution in [-0.2, 0) is 11.3 Å². The molecule has 1 N–H and O–H groups in total. The van der Waals surface area contributed by atoms with Crippen LogP contribution in [0, 0.1) is 0 Å². The molecule has 2 aromatic carbocycles. The van der Waals surface area contributed by atoms with E-state index in [4.69, 9.17) is 9.47 Å². The number of carbonyl (C=O) groups excluding carboxylic acids is 1. The van der Waals surface area contributed by atoms with E-state index >= 15 is 0 Å². The third-order valence-electron chi connectivity index (χ3n) is 2.63. The Morgan fingerprint density at radius 3 is 2.60 bits per heavy atom. The van der Waals surface area contributed by atoms with E-state index in [1.165, 1.54) is 0 Å². The summed E-state index contributed by atoms with van der Waals surface area (Å²) in [5.41, 5.74) is 1.54.